The summed E-state index contributed by atoms with van der Waals surface area (Å²) in [4.78, 5) is 22.6. The summed E-state index contributed by atoms with van der Waals surface area (Å²) >= 11 is 0. The third kappa shape index (κ3) is 2.89. The first-order valence-corrected chi connectivity index (χ1v) is 6.64. The lowest BCUT2D eigenvalue weighted by atomic mass is 9.92. The standard InChI is InChI=1S/C14H19N3O3/c1-14(2)7-6-9(8-14)16-13(18)10-4-3-5-11(15)12(10)17(19)20/h3-5,9H,6-8,15H2,1-2H3,(H,16,18). The summed E-state index contributed by atoms with van der Waals surface area (Å²) in [6.45, 7) is 4.31. The molecule has 3 N–H and O–H groups in total. The van der Waals surface area contributed by atoms with E-state index in [2.05, 4.69) is 19.2 Å². The smallest absolute Gasteiger partial charge is 0.304 e. The van der Waals surface area contributed by atoms with Crippen molar-refractivity contribution < 1.29 is 9.72 Å². The molecule has 1 aromatic carbocycles. The second kappa shape index (κ2) is 5.11. The third-order valence-corrected chi connectivity index (χ3v) is 3.80. The minimum Gasteiger partial charge on any atom is -0.393 e. The van der Waals surface area contributed by atoms with Crippen LogP contribution in [0.4, 0.5) is 11.4 Å². The lowest BCUT2D eigenvalue weighted by Gasteiger charge is -2.18. The third-order valence-electron chi connectivity index (χ3n) is 3.80. The fourth-order valence-corrected chi connectivity index (χ4v) is 2.77. The molecular formula is C14H19N3O3. The van der Waals surface area contributed by atoms with Crippen molar-refractivity contribution in [3.8, 4) is 0 Å². The number of nitrogens with one attached hydrogen (secondary N) is 1. The molecule has 0 aromatic heterocycles. The molecule has 1 aliphatic rings. The van der Waals surface area contributed by atoms with Crippen molar-refractivity contribution >= 4 is 17.3 Å². The predicted octanol–water partition coefficient (Wildman–Crippen LogP) is 2.49. The minimum absolute atomic E-state index is 0.00871. The zero-order valence-electron chi connectivity index (χ0n) is 11.7. The van der Waals surface area contributed by atoms with E-state index >= 15 is 0 Å². The highest BCUT2D eigenvalue weighted by Gasteiger charge is 2.33. The van der Waals surface area contributed by atoms with E-state index in [1.165, 1.54) is 12.1 Å². The van der Waals surface area contributed by atoms with Gasteiger partial charge >= 0.3 is 5.69 Å². The average molecular weight is 277 g/mol. The van der Waals surface area contributed by atoms with Gasteiger partial charge in [-0.25, -0.2) is 0 Å². The molecule has 0 bridgehead atoms. The van der Waals surface area contributed by atoms with Crippen molar-refractivity contribution in [2.24, 2.45) is 5.41 Å². The van der Waals surface area contributed by atoms with E-state index in [0.717, 1.165) is 19.3 Å². The molecule has 0 radical (unpaired) electrons. The highest BCUT2D eigenvalue weighted by atomic mass is 16.6. The number of benzene rings is 1. The molecular weight excluding hydrogens is 258 g/mol. The fourth-order valence-electron chi connectivity index (χ4n) is 2.77. The van der Waals surface area contributed by atoms with E-state index in [1.807, 2.05) is 0 Å². The summed E-state index contributed by atoms with van der Waals surface area (Å²) in [7, 11) is 0. The molecule has 1 aliphatic carbocycles. The quantitative estimate of drug-likeness (QED) is 0.503. The van der Waals surface area contributed by atoms with E-state index in [9.17, 15) is 14.9 Å². The Bertz CT molecular complexity index is 555. The number of nitro benzene ring substituents is 1. The van der Waals surface area contributed by atoms with Gasteiger partial charge in [-0.1, -0.05) is 19.9 Å². The molecule has 1 unspecified atom stereocenters. The highest BCUT2D eigenvalue weighted by molar-refractivity contribution is 6.00. The molecule has 0 spiro atoms. The number of anilines is 1. The molecule has 1 fully saturated rings. The second-order valence-corrected chi connectivity index (χ2v) is 6.08. The van der Waals surface area contributed by atoms with Gasteiger partial charge in [0.15, 0.2) is 0 Å². The minimum atomic E-state index is -0.608. The Labute approximate surface area is 117 Å². The first kappa shape index (κ1) is 14.3. The topological polar surface area (TPSA) is 98.3 Å². The summed E-state index contributed by atoms with van der Waals surface area (Å²) in [5.74, 6) is -0.424. The molecule has 6 nitrogen and oxygen atoms in total. The van der Waals surface area contributed by atoms with Crippen LogP contribution in [0.5, 0.6) is 0 Å². The van der Waals surface area contributed by atoms with Gasteiger partial charge in [0.25, 0.3) is 5.91 Å². The molecule has 6 heteroatoms. The number of amides is 1. The number of carbonyl (C=O) groups is 1. The number of hydrogen-bond donors (Lipinski definition) is 2. The van der Waals surface area contributed by atoms with Gasteiger partial charge in [0.05, 0.1) is 4.92 Å². The summed E-state index contributed by atoms with van der Waals surface area (Å²) < 4.78 is 0. The van der Waals surface area contributed by atoms with Crippen LogP contribution in [0.15, 0.2) is 18.2 Å². The number of para-hydroxylation sites is 1. The van der Waals surface area contributed by atoms with Gasteiger partial charge in [0.2, 0.25) is 0 Å². The maximum absolute atomic E-state index is 12.2. The second-order valence-electron chi connectivity index (χ2n) is 6.08. The van der Waals surface area contributed by atoms with E-state index in [4.69, 9.17) is 5.73 Å². The predicted molar refractivity (Wildman–Crippen MR) is 76.4 cm³/mol. The number of nitrogens with zero attached hydrogens (tertiary/aromatic N) is 1. The molecule has 0 aliphatic heterocycles. The van der Waals surface area contributed by atoms with Crippen molar-refractivity contribution in [3.05, 3.63) is 33.9 Å². The van der Waals surface area contributed by atoms with Crippen molar-refractivity contribution in [2.75, 3.05) is 5.73 Å². The molecule has 108 valence electrons. The van der Waals surface area contributed by atoms with Crippen LogP contribution in [0.25, 0.3) is 0 Å². The highest BCUT2D eigenvalue weighted by Crippen LogP contribution is 2.37. The first-order chi connectivity index (χ1) is 9.30. The summed E-state index contributed by atoms with van der Waals surface area (Å²) in [5, 5.41) is 13.9. The number of rotatable bonds is 3. The Morgan fingerprint density at radius 1 is 1.50 bits per heavy atom. The molecule has 0 heterocycles. The summed E-state index contributed by atoms with van der Waals surface area (Å²) in [6, 6.07) is 4.48. The van der Waals surface area contributed by atoms with Gasteiger partial charge in [0, 0.05) is 6.04 Å². The SMILES string of the molecule is CC1(C)CCC(NC(=O)c2cccc(N)c2[N+](=O)[O-])C1. The zero-order valence-corrected chi connectivity index (χ0v) is 11.7. The van der Waals surface area contributed by atoms with Gasteiger partial charge in [0.1, 0.15) is 11.3 Å². The van der Waals surface area contributed by atoms with Crippen LogP contribution in [0.2, 0.25) is 0 Å². The maximum Gasteiger partial charge on any atom is 0.304 e. The lowest BCUT2D eigenvalue weighted by molar-refractivity contribution is -0.384. The molecule has 1 aromatic rings. The van der Waals surface area contributed by atoms with E-state index < -0.39 is 10.8 Å². The van der Waals surface area contributed by atoms with Crippen LogP contribution < -0.4 is 11.1 Å². The van der Waals surface area contributed by atoms with E-state index in [0.29, 0.717) is 0 Å². The van der Waals surface area contributed by atoms with Crippen LogP contribution in [-0.2, 0) is 0 Å². The molecule has 2 rings (SSSR count). The Balaban J connectivity index is 2.18. The summed E-state index contributed by atoms with van der Waals surface area (Å²) in [6.07, 6.45) is 2.82. The number of nitrogens with two attached hydrogens (primary N) is 1. The van der Waals surface area contributed by atoms with Gasteiger partial charge in [-0.15, -0.1) is 0 Å². The maximum atomic E-state index is 12.2. The number of hydrogen-bond acceptors (Lipinski definition) is 4. The molecule has 0 saturated heterocycles. The van der Waals surface area contributed by atoms with Crippen LogP contribution in [0.1, 0.15) is 43.5 Å². The normalized spacial score (nSPS) is 20.6. The Hall–Kier alpha value is -2.11. The monoisotopic (exact) mass is 277 g/mol. The number of nitrogen functional groups attached to an aromatic ring is 1. The zero-order chi connectivity index (χ0) is 14.9. The van der Waals surface area contributed by atoms with Crippen LogP contribution in [-0.4, -0.2) is 16.9 Å². The van der Waals surface area contributed by atoms with Crippen LogP contribution in [0.3, 0.4) is 0 Å². The molecule has 1 atom stereocenters. The van der Waals surface area contributed by atoms with Crippen molar-refractivity contribution in [1.82, 2.24) is 5.32 Å². The summed E-state index contributed by atoms with van der Waals surface area (Å²) in [5.41, 5.74) is 5.52. The van der Waals surface area contributed by atoms with Crippen LogP contribution in [0, 0.1) is 15.5 Å². The van der Waals surface area contributed by atoms with Gasteiger partial charge in [-0.2, -0.15) is 0 Å². The van der Waals surface area contributed by atoms with Crippen molar-refractivity contribution in [2.45, 2.75) is 39.2 Å². The Kier molecular flexibility index (Phi) is 3.65. The van der Waals surface area contributed by atoms with Crippen LogP contribution >= 0.6 is 0 Å². The molecule has 1 saturated carbocycles. The number of carbonyl (C=O) groups excluding carboxylic acids is 1. The van der Waals surface area contributed by atoms with Gasteiger partial charge in [-0.05, 0) is 36.8 Å². The molecule has 1 amide bonds. The largest absolute Gasteiger partial charge is 0.393 e. The molecule has 20 heavy (non-hydrogen) atoms. The Morgan fingerprint density at radius 3 is 2.75 bits per heavy atom. The lowest BCUT2D eigenvalue weighted by Crippen LogP contribution is -2.34. The average Bonchev–Trinajstić information content (AvgIpc) is 2.67. The van der Waals surface area contributed by atoms with Gasteiger partial charge < -0.3 is 11.1 Å². The van der Waals surface area contributed by atoms with Crippen molar-refractivity contribution in [1.29, 1.82) is 0 Å². The fraction of sp³-hybridized carbons (Fsp3) is 0.500. The van der Waals surface area contributed by atoms with E-state index in [-0.39, 0.29) is 28.4 Å². The Morgan fingerprint density at radius 2 is 2.20 bits per heavy atom. The number of nitro groups is 1. The van der Waals surface area contributed by atoms with Crippen molar-refractivity contribution in [3.63, 3.8) is 0 Å². The van der Waals surface area contributed by atoms with E-state index in [1.54, 1.807) is 6.07 Å². The first-order valence-electron chi connectivity index (χ1n) is 6.64. The van der Waals surface area contributed by atoms with Gasteiger partial charge in [-0.3, -0.25) is 14.9 Å².